The lowest BCUT2D eigenvalue weighted by Gasteiger charge is -2.43. The van der Waals surface area contributed by atoms with Crippen LogP contribution in [0.3, 0.4) is 0 Å². The van der Waals surface area contributed by atoms with Crippen molar-refractivity contribution in [2.75, 3.05) is 18.6 Å². The zero-order chi connectivity index (χ0) is 19.6. The lowest BCUT2D eigenvalue weighted by Crippen LogP contribution is -2.45. The maximum Gasteiger partial charge on any atom is 0.134 e. The SMILES string of the molecule is CCCN1c2cc(F)c(C=Nc3ccc(OC)cc3)cc2C(C)=CC1(C)C. The van der Waals surface area contributed by atoms with Crippen molar-refractivity contribution in [3.63, 3.8) is 0 Å². The molecule has 3 nitrogen and oxygen atoms in total. The Labute approximate surface area is 161 Å². The Bertz CT molecular complexity index is 882. The third kappa shape index (κ3) is 3.90. The molecular formula is C23H27FN2O. The van der Waals surface area contributed by atoms with Gasteiger partial charge >= 0.3 is 0 Å². The second-order valence-corrected chi connectivity index (χ2v) is 7.48. The molecular weight excluding hydrogens is 339 g/mol. The smallest absolute Gasteiger partial charge is 0.134 e. The molecule has 0 unspecified atom stereocenters. The summed E-state index contributed by atoms with van der Waals surface area (Å²) in [6.07, 6.45) is 4.86. The molecule has 0 fully saturated rings. The van der Waals surface area contributed by atoms with E-state index in [1.54, 1.807) is 19.4 Å². The Morgan fingerprint density at radius 2 is 1.89 bits per heavy atom. The lowest BCUT2D eigenvalue weighted by atomic mass is 9.87. The summed E-state index contributed by atoms with van der Waals surface area (Å²) >= 11 is 0. The topological polar surface area (TPSA) is 24.8 Å². The molecule has 1 aliphatic heterocycles. The summed E-state index contributed by atoms with van der Waals surface area (Å²) in [4.78, 5) is 6.70. The molecule has 1 heterocycles. The molecule has 3 rings (SSSR count). The molecule has 0 saturated carbocycles. The molecule has 0 aromatic heterocycles. The predicted molar refractivity (Wildman–Crippen MR) is 112 cm³/mol. The van der Waals surface area contributed by atoms with E-state index < -0.39 is 0 Å². The maximum absolute atomic E-state index is 14.8. The van der Waals surface area contributed by atoms with Crippen LogP contribution < -0.4 is 9.64 Å². The van der Waals surface area contributed by atoms with E-state index in [9.17, 15) is 4.39 Å². The van der Waals surface area contributed by atoms with Gasteiger partial charge in [0.2, 0.25) is 0 Å². The number of benzene rings is 2. The molecule has 0 atom stereocenters. The van der Waals surface area contributed by atoms with Crippen LogP contribution in [0.1, 0.15) is 45.2 Å². The van der Waals surface area contributed by atoms with Crippen molar-refractivity contribution in [1.29, 1.82) is 0 Å². The van der Waals surface area contributed by atoms with E-state index in [0.717, 1.165) is 35.7 Å². The monoisotopic (exact) mass is 366 g/mol. The van der Waals surface area contributed by atoms with Crippen LogP contribution in [-0.4, -0.2) is 25.4 Å². The van der Waals surface area contributed by atoms with Gasteiger partial charge < -0.3 is 9.64 Å². The Morgan fingerprint density at radius 3 is 2.52 bits per heavy atom. The number of ether oxygens (including phenoxy) is 1. The normalized spacial score (nSPS) is 15.6. The van der Waals surface area contributed by atoms with Gasteiger partial charge in [-0.05, 0) is 69.2 Å². The van der Waals surface area contributed by atoms with Gasteiger partial charge in [-0.2, -0.15) is 0 Å². The first-order chi connectivity index (χ1) is 12.9. The van der Waals surface area contributed by atoms with Crippen LogP contribution in [0.5, 0.6) is 5.75 Å². The molecule has 4 heteroatoms. The minimum absolute atomic E-state index is 0.127. The van der Waals surface area contributed by atoms with Gasteiger partial charge in [0.05, 0.1) is 18.3 Å². The third-order valence-corrected chi connectivity index (χ3v) is 4.97. The van der Waals surface area contributed by atoms with Gasteiger partial charge in [-0.15, -0.1) is 0 Å². The van der Waals surface area contributed by atoms with Gasteiger partial charge in [-0.1, -0.05) is 13.0 Å². The van der Waals surface area contributed by atoms with E-state index in [2.05, 4.69) is 43.7 Å². The zero-order valence-corrected chi connectivity index (χ0v) is 16.7. The summed E-state index contributed by atoms with van der Waals surface area (Å²) in [5.41, 5.74) is 4.32. The molecule has 0 amide bonds. The first kappa shape index (κ1) is 19.2. The molecule has 0 spiro atoms. The summed E-state index contributed by atoms with van der Waals surface area (Å²) < 4.78 is 20.0. The van der Waals surface area contributed by atoms with E-state index >= 15 is 0 Å². The van der Waals surface area contributed by atoms with Crippen molar-refractivity contribution in [3.8, 4) is 5.75 Å². The van der Waals surface area contributed by atoms with Crippen molar-refractivity contribution in [1.82, 2.24) is 0 Å². The summed E-state index contributed by atoms with van der Waals surface area (Å²) in [7, 11) is 1.62. The van der Waals surface area contributed by atoms with Crippen LogP contribution in [0.4, 0.5) is 15.8 Å². The lowest BCUT2D eigenvalue weighted by molar-refractivity contribution is 0.415. The number of nitrogens with zero attached hydrogens (tertiary/aromatic N) is 2. The summed E-state index contributed by atoms with van der Waals surface area (Å²) in [5, 5.41) is 0. The number of allylic oxidation sites excluding steroid dienone is 1. The molecule has 2 aromatic rings. The average molecular weight is 366 g/mol. The molecule has 27 heavy (non-hydrogen) atoms. The minimum atomic E-state index is -0.252. The number of fused-ring (bicyclic) bond motifs is 1. The van der Waals surface area contributed by atoms with Gasteiger partial charge in [-0.3, -0.25) is 4.99 Å². The van der Waals surface area contributed by atoms with Gasteiger partial charge in [-0.25, -0.2) is 4.39 Å². The van der Waals surface area contributed by atoms with Crippen molar-refractivity contribution >= 4 is 23.2 Å². The Kier molecular flexibility index (Phi) is 5.36. The molecule has 1 aliphatic rings. The summed E-state index contributed by atoms with van der Waals surface area (Å²) in [6, 6.07) is 10.9. The number of hydrogen-bond acceptors (Lipinski definition) is 3. The molecule has 0 bridgehead atoms. The van der Waals surface area contributed by atoms with E-state index in [1.807, 2.05) is 30.3 Å². The molecule has 0 saturated heterocycles. The van der Waals surface area contributed by atoms with Crippen molar-refractivity contribution in [2.45, 2.75) is 39.7 Å². The average Bonchev–Trinajstić information content (AvgIpc) is 2.64. The van der Waals surface area contributed by atoms with Crippen molar-refractivity contribution in [3.05, 3.63) is 59.4 Å². The fourth-order valence-corrected chi connectivity index (χ4v) is 3.66. The Morgan fingerprint density at radius 1 is 1.19 bits per heavy atom. The Balaban J connectivity index is 1.97. The number of rotatable bonds is 5. The summed E-state index contributed by atoms with van der Waals surface area (Å²) in [5.74, 6) is 0.519. The Hall–Kier alpha value is -2.62. The highest BCUT2D eigenvalue weighted by atomic mass is 19.1. The first-order valence-electron chi connectivity index (χ1n) is 9.35. The maximum atomic E-state index is 14.8. The van der Waals surface area contributed by atoms with Crippen molar-refractivity contribution < 1.29 is 9.13 Å². The predicted octanol–water partition coefficient (Wildman–Crippen LogP) is 6.00. The van der Waals surface area contributed by atoms with Crippen molar-refractivity contribution in [2.24, 2.45) is 4.99 Å². The highest BCUT2D eigenvalue weighted by molar-refractivity contribution is 5.89. The number of anilines is 1. The molecule has 0 radical (unpaired) electrons. The number of hydrogen-bond donors (Lipinski definition) is 0. The van der Waals surface area contributed by atoms with Crippen LogP contribution in [0.2, 0.25) is 0 Å². The fraction of sp³-hybridized carbons (Fsp3) is 0.348. The van der Waals surface area contributed by atoms with Crippen LogP contribution in [0, 0.1) is 5.82 Å². The standard InChI is InChI=1S/C23H27FN2O/c1-6-11-26-22-13-21(24)17(12-20(22)16(2)14-23(26,3)4)15-25-18-7-9-19(27-5)10-8-18/h7-10,12-15H,6,11H2,1-5H3. The number of aliphatic imine (C=N–C) groups is 1. The quantitative estimate of drug-likeness (QED) is 0.607. The van der Waals surface area contributed by atoms with E-state index in [-0.39, 0.29) is 11.4 Å². The van der Waals surface area contributed by atoms with Crippen LogP contribution in [0.15, 0.2) is 47.5 Å². The van der Waals surface area contributed by atoms with E-state index in [4.69, 9.17) is 4.74 Å². The van der Waals surface area contributed by atoms with Gasteiger partial charge in [0, 0.05) is 29.6 Å². The third-order valence-electron chi connectivity index (χ3n) is 4.97. The van der Waals surface area contributed by atoms with E-state index in [1.165, 1.54) is 5.57 Å². The minimum Gasteiger partial charge on any atom is -0.497 e. The molecule has 0 N–H and O–H groups in total. The van der Waals surface area contributed by atoms with Gasteiger partial charge in [0.25, 0.3) is 0 Å². The van der Waals surface area contributed by atoms with Crippen LogP contribution in [-0.2, 0) is 0 Å². The van der Waals surface area contributed by atoms with Gasteiger partial charge in [0.15, 0.2) is 0 Å². The largest absolute Gasteiger partial charge is 0.497 e. The van der Waals surface area contributed by atoms with Crippen LogP contribution >= 0.6 is 0 Å². The van der Waals surface area contributed by atoms with Crippen LogP contribution in [0.25, 0.3) is 5.57 Å². The van der Waals surface area contributed by atoms with E-state index in [0.29, 0.717) is 5.56 Å². The second-order valence-electron chi connectivity index (χ2n) is 7.48. The summed E-state index contributed by atoms with van der Waals surface area (Å²) in [6.45, 7) is 9.47. The highest BCUT2D eigenvalue weighted by Gasteiger charge is 2.31. The molecule has 142 valence electrons. The first-order valence-corrected chi connectivity index (χ1v) is 9.35. The number of halogens is 1. The fourth-order valence-electron chi connectivity index (χ4n) is 3.66. The van der Waals surface area contributed by atoms with Gasteiger partial charge in [0.1, 0.15) is 11.6 Å². The highest BCUT2D eigenvalue weighted by Crippen LogP contribution is 2.40. The molecule has 0 aliphatic carbocycles. The molecule has 2 aromatic carbocycles. The second kappa shape index (κ2) is 7.55. The number of methoxy groups -OCH3 is 1. The zero-order valence-electron chi connectivity index (χ0n) is 16.7.